The van der Waals surface area contributed by atoms with E-state index in [1.807, 2.05) is 61.5 Å². The lowest BCUT2D eigenvalue weighted by Gasteiger charge is -2.31. The summed E-state index contributed by atoms with van der Waals surface area (Å²) >= 11 is 0. The fraction of sp³-hybridized carbons (Fsp3) is 0.182. The van der Waals surface area contributed by atoms with Gasteiger partial charge in [0.05, 0.1) is 0 Å². The van der Waals surface area contributed by atoms with Crippen molar-refractivity contribution < 1.29 is 14.3 Å². The number of ketones is 1. The van der Waals surface area contributed by atoms with E-state index in [2.05, 4.69) is 0 Å². The Morgan fingerprint density at radius 3 is 2.19 bits per heavy atom. The number of benzene rings is 3. The Hall–Kier alpha value is -2.98. The summed E-state index contributed by atoms with van der Waals surface area (Å²) in [5, 5.41) is 1.70. The summed E-state index contributed by atoms with van der Waals surface area (Å²) in [5.41, 5.74) is 7.53. The maximum atomic E-state index is 12.8. The Morgan fingerprint density at radius 1 is 0.923 bits per heavy atom. The predicted octanol–water partition coefficient (Wildman–Crippen LogP) is 3.86. The van der Waals surface area contributed by atoms with Crippen LogP contribution in [0.3, 0.4) is 0 Å². The average Bonchev–Trinajstić information content (AvgIpc) is 2.61. The van der Waals surface area contributed by atoms with Crippen LogP contribution < -0.4 is 10.5 Å². The number of rotatable bonds is 4. The summed E-state index contributed by atoms with van der Waals surface area (Å²) in [6, 6.07) is 18.7. The lowest BCUT2D eigenvalue weighted by atomic mass is 9.78. The third-order valence-electron chi connectivity index (χ3n) is 4.60. The van der Waals surface area contributed by atoms with Crippen LogP contribution >= 0.6 is 0 Å². The van der Waals surface area contributed by atoms with Crippen molar-refractivity contribution in [2.75, 3.05) is 0 Å². The van der Waals surface area contributed by atoms with Gasteiger partial charge in [-0.3, -0.25) is 9.59 Å². The van der Waals surface area contributed by atoms with Crippen LogP contribution in [-0.4, -0.2) is 11.8 Å². The van der Waals surface area contributed by atoms with Crippen LogP contribution in [0.25, 0.3) is 10.8 Å². The molecule has 0 aliphatic heterocycles. The van der Waals surface area contributed by atoms with E-state index in [-0.39, 0.29) is 5.78 Å². The molecule has 26 heavy (non-hydrogen) atoms. The Bertz CT molecular complexity index is 992. The highest BCUT2D eigenvalue weighted by Gasteiger charge is 2.39. The van der Waals surface area contributed by atoms with Gasteiger partial charge >= 0.3 is 5.97 Å². The topological polar surface area (TPSA) is 69.4 Å². The van der Waals surface area contributed by atoms with Gasteiger partial charge in [0.25, 0.3) is 0 Å². The summed E-state index contributed by atoms with van der Waals surface area (Å²) < 4.78 is 5.42. The molecular weight excluding hydrogens is 326 g/mol. The normalized spacial score (nSPS) is 13.2. The van der Waals surface area contributed by atoms with Gasteiger partial charge < -0.3 is 10.5 Å². The second-order valence-electron chi connectivity index (χ2n) is 6.48. The largest absolute Gasteiger partial charge is 0.426 e. The molecule has 1 unspecified atom stereocenters. The van der Waals surface area contributed by atoms with E-state index in [0.717, 1.165) is 16.3 Å². The van der Waals surface area contributed by atoms with E-state index in [0.29, 0.717) is 16.9 Å². The molecule has 2 N–H and O–H groups in total. The summed E-state index contributed by atoms with van der Waals surface area (Å²) in [4.78, 5) is 24.4. The van der Waals surface area contributed by atoms with Crippen LogP contribution in [0.15, 0.2) is 60.7 Å². The fourth-order valence-electron chi connectivity index (χ4n) is 3.24. The van der Waals surface area contributed by atoms with Gasteiger partial charge in [0, 0.05) is 12.5 Å². The monoisotopic (exact) mass is 347 g/mol. The number of Topliss-reactive ketones (excluding diaryl/α,β-unsaturated/α-hetero) is 1. The van der Waals surface area contributed by atoms with E-state index < -0.39 is 11.5 Å². The maximum absolute atomic E-state index is 12.8. The van der Waals surface area contributed by atoms with Gasteiger partial charge in [0.1, 0.15) is 11.3 Å². The van der Waals surface area contributed by atoms with E-state index in [4.69, 9.17) is 10.5 Å². The summed E-state index contributed by atoms with van der Waals surface area (Å²) in [5.74, 6) is -0.392. The molecule has 3 rings (SSSR count). The van der Waals surface area contributed by atoms with Crippen LogP contribution in [0.5, 0.6) is 5.75 Å². The van der Waals surface area contributed by atoms with Crippen LogP contribution in [-0.2, 0) is 15.1 Å². The van der Waals surface area contributed by atoms with Crippen molar-refractivity contribution in [3.05, 3.63) is 77.4 Å². The number of ether oxygens (including phenoxy) is 1. The molecule has 0 aliphatic rings. The van der Waals surface area contributed by atoms with Gasteiger partial charge in [-0.1, -0.05) is 60.2 Å². The van der Waals surface area contributed by atoms with Crippen molar-refractivity contribution in [1.29, 1.82) is 0 Å². The van der Waals surface area contributed by atoms with Crippen molar-refractivity contribution >= 4 is 22.5 Å². The molecule has 0 fully saturated rings. The molecule has 4 heteroatoms. The minimum Gasteiger partial charge on any atom is -0.426 e. The Labute approximate surface area is 152 Å². The number of carbonyl (C=O) groups is 2. The van der Waals surface area contributed by atoms with Crippen LogP contribution in [0.1, 0.15) is 30.5 Å². The van der Waals surface area contributed by atoms with Gasteiger partial charge in [-0.2, -0.15) is 0 Å². The quantitative estimate of drug-likeness (QED) is 0.575. The van der Waals surface area contributed by atoms with Crippen molar-refractivity contribution in [3.63, 3.8) is 0 Å². The van der Waals surface area contributed by atoms with Gasteiger partial charge in [0.2, 0.25) is 0 Å². The predicted molar refractivity (Wildman–Crippen MR) is 102 cm³/mol. The van der Waals surface area contributed by atoms with Crippen LogP contribution in [0.2, 0.25) is 0 Å². The molecule has 0 saturated carbocycles. The lowest BCUT2D eigenvalue weighted by Crippen LogP contribution is -2.45. The summed E-state index contributed by atoms with van der Waals surface area (Å²) in [7, 11) is 0. The first-order valence-electron chi connectivity index (χ1n) is 8.41. The first kappa shape index (κ1) is 17.8. The Morgan fingerprint density at radius 2 is 1.58 bits per heavy atom. The highest BCUT2D eigenvalue weighted by atomic mass is 16.5. The van der Waals surface area contributed by atoms with E-state index in [1.165, 1.54) is 13.8 Å². The number of hydrogen-bond acceptors (Lipinski definition) is 4. The molecule has 4 nitrogen and oxygen atoms in total. The van der Waals surface area contributed by atoms with Crippen molar-refractivity contribution in [2.24, 2.45) is 5.73 Å². The number of carbonyl (C=O) groups excluding carboxylic acids is 2. The standard InChI is InChI=1S/C22H21NO3/c1-14-8-11-18(12-9-14)22(23,15(2)24)21-19-7-5-4-6-17(19)10-13-20(21)26-16(3)25/h4-13H,23H2,1-3H3. The van der Waals surface area contributed by atoms with E-state index in [1.54, 1.807) is 6.07 Å². The molecule has 3 aromatic carbocycles. The number of esters is 1. The molecule has 0 bridgehead atoms. The first-order chi connectivity index (χ1) is 12.3. The van der Waals surface area contributed by atoms with Gasteiger partial charge in [0.15, 0.2) is 5.78 Å². The smallest absolute Gasteiger partial charge is 0.308 e. The summed E-state index contributed by atoms with van der Waals surface area (Å²) in [6.45, 7) is 4.76. The zero-order chi connectivity index (χ0) is 18.9. The zero-order valence-corrected chi connectivity index (χ0v) is 15.1. The van der Waals surface area contributed by atoms with Crippen molar-refractivity contribution in [1.82, 2.24) is 0 Å². The van der Waals surface area contributed by atoms with Gasteiger partial charge in [-0.15, -0.1) is 0 Å². The number of nitrogens with two attached hydrogens (primary N) is 1. The molecule has 0 saturated heterocycles. The Balaban J connectivity index is 2.39. The second-order valence-corrected chi connectivity index (χ2v) is 6.48. The minimum atomic E-state index is -1.43. The average molecular weight is 347 g/mol. The fourth-order valence-corrected chi connectivity index (χ4v) is 3.24. The highest BCUT2D eigenvalue weighted by Crippen LogP contribution is 2.40. The van der Waals surface area contributed by atoms with E-state index in [9.17, 15) is 9.59 Å². The van der Waals surface area contributed by atoms with Crippen molar-refractivity contribution in [3.8, 4) is 5.75 Å². The van der Waals surface area contributed by atoms with Crippen LogP contribution in [0.4, 0.5) is 0 Å². The lowest BCUT2D eigenvalue weighted by molar-refractivity contribution is -0.132. The molecule has 0 amide bonds. The second kappa shape index (κ2) is 6.73. The molecule has 0 aromatic heterocycles. The molecule has 3 aromatic rings. The molecule has 0 heterocycles. The Kier molecular flexibility index (Phi) is 4.62. The minimum absolute atomic E-state index is 0.230. The number of aryl methyl sites for hydroxylation is 1. The number of hydrogen-bond donors (Lipinski definition) is 1. The SMILES string of the molecule is CC(=O)Oc1ccc2ccccc2c1C(N)(C(C)=O)c1ccc(C)cc1. The third kappa shape index (κ3) is 3.00. The van der Waals surface area contributed by atoms with Crippen LogP contribution in [0, 0.1) is 6.92 Å². The van der Waals surface area contributed by atoms with Crippen molar-refractivity contribution in [2.45, 2.75) is 26.3 Å². The maximum Gasteiger partial charge on any atom is 0.308 e. The zero-order valence-electron chi connectivity index (χ0n) is 15.1. The number of fused-ring (bicyclic) bond motifs is 1. The molecule has 0 aliphatic carbocycles. The third-order valence-corrected chi connectivity index (χ3v) is 4.60. The first-order valence-corrected chi connectivity index (χ1v) is 8.41. The summed E-state index contributed by atoms with van der Waals surface area (Å²) in [6.07, 6.45) is 0. The molecule has 132 valence electrons. The van der Waals surface area contributed by atoms with E-state index >= 15 is 0 Å². The molecular formula is C22H21NO3. The molecule has 1 atom stereocenters. The molecule has 0 radical (unpaired) electrons. The highest BCUT2D eigenvalue weighted by molar-refractivity contribution is 6.00. The van der Waals surface area contributed by atoms with Gasteiger partial charge in [-0.25, -0.2) is 0 Å². The van der Waals surface area contributed by atoms with Gasteiger partial charge in [-0.05, 0) is 36.2 Å². The molecule has 0 spiro atoms.